The smallest absolute Gasteiger partial charge is 0.224 e. The molecule has 5 nitrogen and oxygen atoms in total. The molecule has 0 spiro atoms. The molecule has 2 amide bonds. The maximum atomic E-state index is 12.1. The van der Waals surface area contributed by atoms with Gasteiger partial charge < -0.3 is 15.0 Å². The lowest BCUT2D eigenvalue weighted by molar-refractivity contribution is -0.133. The third-order valence-corrected chi connectivity index (χ3v) is 4.49. The number of rotatable bonds is 7. The average molecular weight is 332 g/mol. The van der Waals surface area contributed by atoms with E-state index in [1.807, 2.05) is 4.90 Å². The minimum Gasteiger partial charge on any atom is -0.384 e. The van der Waals surface area contributed by atoms with Gasteiger partial charge in [-0.1, -0.05) is 29.8 Å². The molecule has 1 fully saturated rings. The molecule has 5 heteroatoms. The van der Waals surface area contributed by atoms with Gasteiger partial charge in [-0.25, -0.2) is 0 Å². The predicted molar refractivity (Wildman–Crippen MR) is 93.7 cm³/mol. The van der Waals surface area contributed by atoms with E-state index in [0.29, 0.717) is 32.5 Å². The normalized spacial score (nSPS) is 15.3. The van der Waals surface area contributed by atoms with E-state index < -0.39 is 0 Å². The van der Waals surface area contributed by atoms with E-state index in [1.165, 1.54) is 11.1 Å². The maximum absolute atomic E-state index is 12.1. The quantitative estimate of drug-likeness (QED) is 0.831. The van der Waals surface area contributed by atoms with Crippen LogP contribution < -0.4 is 5.32 Å². The minimum atomic E-state index is 0.0970. The summed E-state index contributed by atoms with van der Waals surface area (Å²) in [6, 6.07) is 8.48. The highest BCUT2D eigenvalue weighted by molar-refractivity contribution is 5.77. The number of aryl methyl sites for hydroxylation is 2. The van der Waals surface area contributed by atoms with Crippen LogP contribution in [0.15, 0.2) is 24.3 Å². The Morgan fingerprint density at radius 3 is 2.46 bits per heavy atom. The zero-order valence-electron chi connectivity index (χ0n) is 14.7. The van der Waals surface area contributed by atoms with E-state index in [1.54, 1.807) is 7.11 Å². The molecule has 132 valence electrons. The van der Waals surface area contributed by atoms with Crippen LogP contribution in [0.25, 0.3) is 0 Å². The van der Waals surface area contributed by atoms with Crippen LogP contribution in [0.4, 0.5) is 0 Å². The number of hydrogen-bond donors (Lipinski definition) is 1. The summed E-state index contributed by atoms with van der Waals surface area (Å²) in [4.78, 5) is 25.9. The first-order chi connectivity index (χ1) is 11.6. The highest BCUT2D eigenvalue weighted by Gasteiger charge is 2.23. The number of carbonyl (C=O) groups excluding carboxylic acids is 2. The number of benzene rings is 1. The van der Waals surface area contributed by atoms with Gasteiger partial charge in [0.2, 0.25) is 11.8 Å². The summed E-state index contributed by atoms with van der Waals surface area (Å²) in [5.74, 6) is 0.237. The molecule has 1 N–H and O–H groups in total. The zero-order chi connectivity index (χ0) is 17.4. The van der Waals surface area contributed by atoms with Crippen molar-refractivity contribution in [3.63, 3.8) is 0 Å². The molecule has 0 unspecified atom stereocenters. The van der Waals surface area contributed by atoms with Gasteiger partial charge in [0.25, 0.3) is 0 Å². The van der Waals surface area contributed by atoms with Crippen LogP contribution in [0.5, 0.6) is 0 Å². The number of amides is 2. The van der Waals surface area contributed by atoms with Gasteiger partial charge in [0.05, 0.1) is 13.0 Å². The van der Waals surface area contributed by atoms with Crippen molar-refractivity contribution in [3.8, 4) is 0 Å². The second-order valence-electron chi connectivity index (χ2n) is 6.45. The first kappa shape index (κ1) is 18.5. The van der Waals surface area contributed by atoms with Crippen LogP contribution in [0.3, 0.4) is 0 Å². The number of piperidine rings is 1. The summed E-state index contributed by atoms with van der Waals surface area (Å²) in [5.41, 5.74) is 2.42. The standard InChI is InChI=1S/C19H28N2O3/c1-15-3-5-16(6-4-15)7-8-18(22)20-17-9-12-21(13-10-17)19(23)11-14-24-2/h3-6,17H,7-14H2,1-2H3,(H,20,22). The first-order valence-electron chi connectivity index (χ1n) is 8.70. The average Bonchev–Trinajstić information content (AvgIpc) is 2.60. The van der Waals surface area contributed by atoms with Gasteiger partial charge in [-0.3, -0.25) is 9.59 Å². The molecule has 1 aromatic carbocycles. The van der Waals surface area contributed by atoms with Crippen molar-refractivity contribution >= 4 is 11.8 Å². The molecule has 1 heterocycles. The number of carbonyl (C=O) groups is 2. The molecule has 24 heavy (non-hydrogen) atoms. The van der Waals surface area contributed by atoms with Gasteiger partial charge in [-0.05, 0) is 31.7 Å². The number of ether oxygens (including phenoxy) is 1. The van der Waals surface area contributed by atoms with Crippen molar-refractivity contribution in [1.29, 1.82) is 0 Å². The molecule has 1 aromatic rings. The second-order valence-corrected chi connectivity index (χ2v) is 6.45. The molecule has 1 aliphatic heterocycles. The van der Waals surface area contributed by atoms with Crippen LogP contribution >= 0.6 is 0 Å². The molecular formula is C19H28N2O3. The molecule has 0 saturated carbocycles. The second kappa shape index (κ2) is 9.42. The highest BCUT2D eigenvalue weighted by Crippen LogP contribution is 2.12. The van der Waals surface area contributed by atoms with Gasteiger partial charge >= 0.3 is 0 Å². The summed E-state index contributed by atoms with van der Waals surface area (Å²) in [6.45, 7) is 3.95. The van der Waals surface area contributed by atoms with Crippen molar-refractivity contribution < 1.29 is 14.3 Å². The minimum absolute atomic E-state index is 0.0970. The van der Waals surface area contributed by atoms with E-state index in [0.717, 1.165) is 19.3 Å². The Labute approximate surface area is 144 Å². The van der Waals surface area contributed by atoms with E-state index in [9.17, 15) is 9.59 Å². The summed E-state index contributed by atoms with van der Waals surface area (Å²) in [6.07, 6.45) is 3.37. The summed E-state index contributed by atoms with van der Waals surface area (Å²) in [7, 11) is 1.60. The Kier molecular flexibility index (Phi) is 7.25. The molecule has 1 saturated heterocycles. The number of nitrogens with one attached hydrogen (secondary N) is 1. The fourth-order valence-electron chi connectivity index (χ4n) is 2.93. The Morgan fingerprint density at radius 1 is 1.17 bits per heavy atom. The fraction of sp³-hybridized carbons (Fsp3) is 0.579. The van der Waals surface area contributed by atoms with Crippen LogP contribution in [0, 0.1) is 6.92 Å². The highest BCUT2D eigenvalue weighted by atomic mass is 16.5. The monoisotopic (exact) mass is 332 g/mol. The van der Waals surface area contributed by atoms with Crippen molar-refractivity contribution in [2.75, 3.05) is 26.8 Å². The molecule has 0 bridgehead atoms. The number of nitrogens with zero attached hydrogens (tertiary/aromatic N) is 1. The maximum Gasteiger partial charge on any atom is 0.224 e. The Balaban J connectivity index is 1.66. The Bertz CT molecular complexity index is 534. The van der Waals surface area contributed by atoms with E-state index in [-0.39, 0.29) is 17.9 Å². The Morgan fingerprint density at radius 2 is 1.83 bits per heavy atom. The molecular weight excluding hydrogens is 304 g/mol. The van der Waals surface area contributed by atoms with Crippen molar-refractivity contribution in [2.24, 2.45) is 0 Å². The van der Waals surface area contributed by atoms with Gasteiger partial charge in [-0.15, -0.1) is 0 Å². The van der Waals surface area contributed by atoms with Gasteiger partial charge in [0.1, 0.15) is 0 Å². The molecule has 0 aliphatic carbocycles. The molecule has 1 aliphatic rings. The zero-order valence-corrected chi connectivity index (χ0v) is 14.7. The SMILES string of the molecule is COCCC(=O)N1CCC(NC(=O)CCc2ccc(C)cc2)CC1. The van der Waals surface area contributed by atoms with E-state index >= 15 is 0 Å². The van der Waals surface area contributed by atoms with Gasteiger partial charge in [0.15, 0.2) is 0 Å². The van der Waals surface area contributed by atoms with Crippen LogP contribution in [0.1, 0.15) is 36.8 Å². The van der Waals surface area contributed by atoms with Crippen LogP contribution in [-0.4, -0.2) is 49.6 Å². The van der Waals surface area contributed by atoms with Crippen molar-refractivity contribution in [1.82, 2.24) is 10.2 Å². The topological polar surface area (TPSA) is 58.6 Å². The number of likely N-dealkylation sites (tertiary alicyclic amines) is 1. The van der Waals surface area contributed by atoms with E-state index in [2.05, 4.69) is 36.5 Å². The van der Waals surface area contributed by atoms with E-state index in [4.69, 9.17) is 4.74 Å². The molecule has 0 aromatic heterocycles. The molecule has 0 atom stereocenters. The summed E-state index contributed by atoms with van der Waals surface area (Å²) in [5, 5.41) is 3.10. The molecule has 2 rings (SSSR count). The largest absolute Gasteiger partial charge is 0.384 e. The third-order valence-electron chi connectivity index (χ3n) is 4.49. The predicted octanol–water partition coefficient (Wildman–Crippen LogP) is 2.07. The summed E-state index contributed by atoms with van der Waals surface area (Å²) >= 11 is 0. The lowest BCUT2D eigenvalue weighted by Gasteiger charge is -2.32. The fourth-order valence-corrected chi connectivity index (χ4v) is 2.93. The lowest BCUT2D eigenvalue weighted by atomic mass is 10.0. The van der Waals surface area contributed by atoms with Crippen molar-refractivity contribution in [2.45, 2.75) is 45.1 Å². The van der Waals surface area contributed by atoms with Crippen molar-refractivity contribution in [3.05, 3.63) is 35.4 Å². The Hall–Kier alpha value is -1.88. The van der Waals surface area contributed by atoms with Crippen LogP contribution in [0.2, 0.25) is 0 Å². The van der Waals surface area contributed by atoms with Gasteiger partial charge in [0, 0.05) is 32.7 Å². The summed E-state index contributed by atoms with van der Waals surface area (Å²) < 4.78 is 4.94. The van der Waals surface area contributed by atoms with Gasteiger partial charge in [-0.2, -0.15) is 0 Å². The lowest BCUT2D eigenvalue weighted by Crippen LogP contribution is -2.46. The van der Waals surface area contributed by atoms with Crippen LogP contribution in [-0.2, 0) is 20.7 Å². The first-order valence-corrected chi connectivity index (χ1v) is 8.70. The number of methoxy groups -OCH3 is 1. The third kappa shape index (κ3) is 5.96. The number of hydrogen-bond acceptors (Lipinski definition) is 3. The molecule has 0 radical (unpaired) electrons.